The van der Waals surface area contributed by atoms with E-state index >= 15 is 0 Å². The molecule has 0 atom stereocenters. The van der Waals surface area contributed by atoms with Crippen molar-refractivity contribution in [3.05, 3.63) is 53.6 Å². The van der Waals surface area contributed by atoms with E-state index in [0.717, 1.165) is 16.8 Å². The third-order valence-corrected chi connectivity index (χ3v) is 5.12. The minimum absolute atomic E-state index is 0.0406. The number of carbonyl (C=O) groups is 1. The monoisotopic (exact) mass is 389 g/mol. The number of hydrogen-bond donors (Lipinski definition) is 0. The molecule has 0 radical (unpaired) electrons. The second-order valence-corrected chi connectivity index (χ2v) is 7.45. The van der Waals surface area contributed by atoms with Gasteiger partial charge in [0.1, 0.15) is 11.3 Å². The first-order valence-electron chi connectivity index (χ1n) is 8.22. The lowest BCUT2D eigenvalue weighted by Gasteiger charge is -2.22. The van der Waals surface area contributed by atoms with Crippen LogP contribution in [0.5, 0.6) is 5.75 Å². The van der Waals surface area contributed by atoms with E-state index in [-0.39, 0.29) is 12.5 Å². The van der Waals surface area contributed by atoms with Crippen molar-refractivity contribution in [1.29, 1.82) is 0 Å². The lowest BCUT2D eigenvalue weighted by Crippen LogP contribution is -2.39. The largest absolute Gasteiger partial charge is 0.484 e. The Balaban J connectivity index is 1.81. The SMILES string of the molecule is CN(C)CCN(C(=O)COc1ccccc1)c1nc2c(Cl)cccc2s1. The zero-order chi connectivity index (χ0) is 18.5. The Labute approximate surface area is 161 Å². The first-order chi connectivity index (χ1) is 12.5. The van der Waals surface area contributed by atoms with Crippen LogP contribution in [-0.4, -0.2) is 49.6 Å². The van der Waals surface area contributed by atoms with Crippen LogP contribution in [-0.2, 0) is 4.79 Å². The van der Waals surface area contributed by atoms with Crippen LogP contribution in [0.15, 0.2) is 48.5 Å². The first kappa shape index (κ1) is 18.6. The fourth-order valence-corrected chi connectivity index (χ4v) is 3.69. The molecule has 0 aliphatic rings. The summed E-state index contributed by atoms with van der Waals surface area (Å²) in [4.78, 5) is 21.1. The summed E-state index contributed by atoms with van der Waals surface area (Å²) < 4.78 is 6.58. The van der Waals surface area contributed by atoms with Crippen LogP contribution < -0.4 is 9.64 Å². The summed E-state index contributed by atoms with van der Waals surface area (Å²) >= 11 is 7.69. The molecule has 7 heteroatoms. The number of likely N-dealkylation sites (N-methyl/N-ethyl adjacent to an activating group) is 1. The Bertz CT molecular complexity index is 883. The lowest BCUT2D eigenvalue weighted by molar-refractivity contribution is -0.120. The van der Waals surface area contributed by atoms with Crippen molar-refractivity contribution >= 4 is 44.2 Å². The summed E-state index contributed by atoms with van der Waals surface area (Å²) in [5.74, 6) is 0.534. The summed E-state index contributed by atoms with van der Waals surface area (Å²) in [5.41, 5.74) is 0.723. The molecular weight excluding hydrogens is 370 g/mol. The molecule has 26 heavy (non-hydrogen) atoms. The van der Waals surface area contributed by atoms with Gasteiger partial charge in [-0.25, -0.2) is 4.98 Å². The molecule has 2 aromatic carbocycles. The van der Waals surface area contributed by atoms with Gasteiger partial charge in [-0.3, -0.25) is 9.69 Å². The molecule has 5 nitrogen and oxygen atoms in total. The lowest BCUT2D eigenvalue weighted by atomic mass is 10.3. The highest BCUT2D eigenvalue weighted by molar-refractivity contribution is 7.22. The van der Waals surface area contributed by atoms with Crippen molar-refractivity contribution in [2.45, 2.75) is 0 Å². The van der Waals surface area contributed by atoms with Crippen LogP contribution in [0.3, 0.4) is 0 Å². The average Bonchev–Trinajstić information content (AvgIpc) is 3.06. The van der Waals surface area contributed by atoms with Crippen LogP contribution in [0, 0.1) is 0 Å². The summed E-state index contributed by atoms with van der Waals surface area (Å²) in [5, 5.41) is 1.22. The van der Waals surface area contributed by atoms with Gasteiger partial charge in [-0.05, 0) is 38.4 Å². The Morgan fingerprint density at radius 1 is 1.12 bits per heavy atom. The van der Waals surface area contributed by atoms with E-state index < -0.39 is 0 Å². The number of hydrogen-bond acceptors (Lipinski definition) is 5. The molecule has 1 heterocycles. The number of benzene rings is 2. The molecule has 0 aliphatic heterocycles. The fraction of sp³-hybridized carbons (Fsp3) is 0.263. The molecule has 1 amide bonds. The summed E-state index contributed by atoms with van der Waals surface area (Å²) in [6, 6.07) is 15.0. The van der Waals surface area contributed by atoms with Gasteiger partial charge in [-0.15, -0.1) is 0 Å². The summed E-state index contributed by atoms with van der Waals surface area (Å²) in [6.45, 7) is 1.21. The molecule has 0 saturated heterocycles. The number of carbonyl (C=O) groups excluding carboxylic acids is 1. The highest BCUT2D eigenvalue weighted by Crippen LogP contribution is 2.32. The van der Waals surface area contributed by atoms with Gasteiger partial charge in [0.05, 0.1) is 9.72 Å². The Morgan fingerprint density at radius 2 is 1.88 bits per heavy atom. The van der Waals surface area contributed by atoms with Crippen LogP contribution in [0.25, 0.3) is 10.2 Å². The van der Waals surface area contributed by atoms with Gasteiger partial charge in [0, 0.05) is 13.1 Å². The zero-order valence-corrected chi connectivity index (χ0v) is 16.3. The fourth-order valence-electron chi connectivity index (χ4n) is 2.39. The van der Waals surface area contributed by atoms with Gasteiger partial charge in [0.2, 0.25) is 0 Å². The van der Waals surface area contributed by atoms with Gasteiger partial charge >= 0.3 is 0 Å². The van der Waals surface area contributed by atoms with E-state index in [4.69, 9.17) is 16.3 Å². The Kier molecular flexibility index (Phi) is 6.08. The van der Waals surface area contributed by atoms with E-state index in [9.17, 15) is 4.79 Å². The van der Waals surface area contributed by atoms with Gasteiger partial charge in [-0.2, -0.15) is 0 Å². The van der Waals surface area contributed by atoms with Crippen molar-refractivity contribution in [2.75, 3.05) is 38.7 Å². The molecule has 1 aromatic heterocycles. The number of fused-ring (bicyclic) bond motifs is 1. The molecule has 0 bridgehead atoms. The zero-order valence-electron chi connectivity index (χ0n) is 14.7. The molecular formula is C19H20ClN3O2S. The smallest absolute Gasteiger partial charge is 0.266 e. The van der Waals surface area contributed by atoms with Gasteiger partial charge in [0.25, 0.3) is 5.91 Å². The second-order valence-electron chi connectivity index (χ2n) is 6.03. The van der Waals surface area contributed by atoms with Gasteiger partial charge in [0.15, 0.2) is 11.7 Å². The average molecular weight is 390 g/mol. The molecule has 0 N–H and O–H groups in total. The van der Waals surface area contributed by atoms with Crippen molar-refractivity contribution in [3.63, 3.8) is 0 Å². The number of anilines is 1. The first-order valence-corrected chi connectivity index (χ1v) is 9.42. The van der Waals surface area contributed by atoms with E-state index in [1.807, 2.05) is 61.5 Å². The van der Waals surface area contributed by atoms with Crippen molar-refractivity contribution in [3.8, 4) is 5.75 Å². The molecule has 0 spiro atoms. The number of nitrogens with zero attached hydrogens (tertiary/aromatic N) is 3. The third kappa shape index (κ3) is 4.52. The maximum absolute atomic E-state index is 12.8. The third-order valence-electron chi connectivity index (χ3n) is 3.77. The van der Waals surface area contributed by atoms with Crippen molar-refractivity contribution < 1.29 is 9.53 Å². The number of aromatic nitrogens is 1. The number of para-hydroxylation sites is 2. The van der Waals surface area contributed by atoms with E-state index in [0.29, 0.717) is 22.4 Å². The standard InChI is InChI=1S/C19H20ClN3O2S/c1-22(2)11-12-23(17(24)13-25-14-7-4-3-5-8-14)19-21-18-15(20)9-6-10-16(18)26-19/h3-10H,11-13H2,1-2H3. The molecule has 3 rings (SSSR count). The van der Waals surface area contributed by atoms with Crippen LogP contribution in [0.1, 0.15) is 0 Å². The quantitative estimate of drug-likeness (QED) is 0.614. The topological polar surface area (TPSA) is 45.7 Å². The van der Waals surface area contributed by atoms with E-state index in [1.165, 1.54) is 11.3 Å². The number of halogens is 1. The highest BCUT2D eigenvalue weighted by Gasteiger charge is 2.21. The molecule has 0 fully saturated rings. The maximum atomic E-state index is 12.8. The van der Waals surface area contributed by atoms with Crippen LogP contribution in [0.4, 0.5) is 5.13 Å². The summed E-state index contributed by atoms with van der Waals surface area (Å²) in [7, 11) is 3.94. The Morgan fingerprint density at radius 3 is 2.58 bits per heavy atom. The van der Waals surface area contributed by atoms with Crippen LogP contribution >= 0.6 is 22.9 Å². The second kappa shape index (κ2) is 8.49. The van der Waals surface area contributed by atoms with E-state index in [1.54, 1.807) is 11.0 Å². The number of rotatable bonds is 7. The number of ether oxygens (including phenoxy) is 1. The molecule has 0 aliphatic carbocycles. The minimum atomic E-state index is -0.133. The predicted octanol–water partition coefficient (Wildman–Crippen LogP) is 3.92. The van der Waals surface area contributed by atoms with Crippen LogP contribution in [0.2, 0.25) is 5.02 Å². The molecule has 0 unspecified atom stereocenters. The predicted molar refractivity (Wildman–Crippen MR) is 107 cm³/mol. The summed E-state index contributed by atoms with van der Waals surface area (Å²) in [6.07, 6.45) is 0. The highest BCUT2D eigenvalue weighted by atomic mass is 35.5. The normalized spacial score (nSPS) is 11.1. The van der Waals surface area contributed by atoms with Gasteiger partial charge < -0.3 is 9.64 Å². The molecule has 3 aromatic rings. The molecule has 136 valence electrons. The number of amides is 1. The molecule has 0 saturated carbocycles. The van der Waals surface area contributed by atoms with Gasteiger partial charge in [-0.1, -0.05) is 47.2 Å². The minimum Gasteiger partial charge on any atom is -0.484 e. The van der Waals surface area contributed by atoms with E-state index in [2.05, 4.69) is 4.98 Å². The Hall–Kier alpha value is -2.15. The van der Waals surface area contributed by atoms with Crippen molar-refractivity contribution in [1.82, 2.24) is 9.88 Å². The van der Waals surface area contributed by atoms with Crippen molar-refractivity contribution in [2.24, 2.45) is 0 Å². The maximum Gasteiger partial charge on any atom is 0.266 e. The number of thiazole rings is 1.